The minimum Gasteiger partial charge on any atom is -0.487 e. The van der Waals surface area contributed by atoms with E-state index in [1.54, 1.807) is 30.3 Å². The number of fused-ring (bicyclic) bond motifs is 2. The maximum atomic E-state index is 12.7. The van der Waals surface area contributed by atoms with Crippen LogP contribution in [0.3, 0.4) is 0 Å². The van der Waals surface area contributed by atoms with Crippen LogP contribution in [-0.2, 0) is 21.3 Å². The average Bonchev–Trinajstić information content (AvgIpc) is 3.20. The molecule has 1 N–H and O–H groups in total. The van der Waals surface area contributed by atoms with Gasteiger partial charge in [-0.1, -0.05) is 47.4 Å². The summed E-state index contributed by atoms with van der Waals surface area (Å²) < 4.78 is 41.8. The molecular formula is C23H27BrClNO4S. The quantitative estimate of drug-likeness (QED) is 0.501. The number of hydrogen-bond acceptors (Lipinski definition) is 4. The number of benzene rings is 2. The molecule has 0 spiro atoms. The fraction of sp³-hybridized carbons (Fsp3) is 0.478. The second-order valence-electron chi connectivity index (χ2n) is 8.94. The van der Waals surface area contributed by atoms with Gasteiger partial charge in [-0.3, -0.25) is 0 Å². The van der Waals surface area contributed by atoms with E-state index in [0.717, 1.165) is 23.7 Å². The van der Waals surface area contributed by atoms with Crippen LogP contribution in [0.2, 0.25) is 5.02 Å². The van der Waals surface area contributed by atoms with Crippen molar-refractivity contribution in [2.45, 2.75) is 68.8 Å². The van der Waals surface area contributed by atoms with Gasteiger partial charge >= 0.3 is 0 Å². The fourth-order valence-corrected chi connectivity index (χ4v) is 6.07. The number of rotatable bonds is 7. The van der Waals surface area contributed by atoms with E-state index in [1.807, 2.05) is 12.1 Å². The summed E-state index contributed by atoms with van der Waals surface area (Å²) in [5, 5.41) is 0.462. The van der Waals surface area contributed by atoms with Crippen LogP contribution in [-0.4, -0.2) is 25.7 Å². The average molecular weight is 529 g/mol. The van der Waals surface area contributed by atoms with Crippen molar-refractivity contribution >= 4 is 37.6 Å². The number of halogens is 2. The minimum atomic E-state index is -3.69. The molecular weight excluding hydrogens is 502 g/mol. The summed E-state index contributed by atoms with van der Waals surface area (Å²) in [7, 11) is -3.69. The molecule has 0 aromatic heterocycles. The zero-order valence-electron chi connectivity index (χ0n) is 17.8. The van der Waals surface area contributed by atoms with E-state index in [0.29, 0.717) is 22.3 Å². The third-order valence-electron chi connectivity index (χ3n) is 6.65. The molecule has 0 unspecified atom stereocenters. The Labute approximate surface area is 197 Å². The van der Waals surface area contributed by atoms with Gasteiger partial charge < -0.3 is 9.47 Å². The second kappa shape index (κ2) is 8.34. The summed E-state index contributed by atoms with van der Waals surface area (Å²) in [5.74, 6) is 0.992. The summed E-state index contributed by atoms with van der Waals surface area (Å²) in [6, 6.07) is 11.9. The molecule has 2 aliphatic heterocycles. The number of nitrogens with one attached hydrogen (secondary N) is 1. The van der Waals surface area contributed by atoms with Gasteiger partial charge in [-0.15, -0.1) is 0 Å². The number of hydrogen-bond donors (Lipinski definition) is 1. The van der Waals surface area contributed by atoms with E-state index in [4.69, 9.17) is 21.1 Å². The van der Waals surface area contributed by atoms with Crippen molar-refractivity contribution in [3.05, 3.63) is 57.5 Å². The molecule has 2 saturated heterocycles. The van der Waals surface area contributed by atoms with Crippen molar-refractivity contribution < 1.29 is 17.9 Å². The number of sulfonamides is 1. The molecule has 2 fully saturated rings. The van der Waals surface area contributed by atoms with E-state index in [-0.39, 0.29) is 28.7 Å². The van der Waals surface area contributed by atoms with Crippen LogP contribution in [0.15, 0.2) is 51.8 Å². The zero-order chi connectivity index (χ0) is 22.4. The van der Waals surface area contributed by atoms with Crippen LogP contribution >= 0.6 is 27.5 Å². The maximum Gasteiger partial charge on any atom is 0.240 e. The highest BCUT2D eigenvalue weighted by atomic mass is 79.9. The predicted molar refractivity (Wildman–Crippen MR) is 125 cm³/mol. The molecule has 2 aliphatic rings. The van der Waals surface area contributed by atoms with E-state index >= 15 is 0 Å². The van der Waals surface area contributed by atoms with Crippen LogP contribution in [0.25, 0.3) is 0 Å². The Morgan fingerprint density at radius 3 is 2.58 bits per heavy atom. The molecule has 8 heteroatoms. The molecule has 168 valence electrons. The van der Waals surface area contributed by atoms with Crippen molar-refractivity contribution in [2.75, 3.05) is 0 Å². The molecule has 0 amide bonds. The summed E-state index contributed by atoms with van der Waals surface area (Å²) in [5.41, 5.74) is 0.122. The van der Waals surface area contributed by atoms with Crippen molar-refractivity contribution in [3.8, 4) is 5.75 Å². The van der Waals surface area contributed by atoms with Gasteiger partial charge in [0, 0.05) is 28.0 Å². The van der Waals surface area contributed by atoms with Crippen molar-refractivity contribution in [1.82, 2.24) is 4.72 Å². The van der Waals surface area contributed by atoms with Gasteiger partial charge in [-0.25, -0.2) is 13.1 Å². The zero-order valence-corrected chi connectivity index (χ0v) is 21.0. The monoisotopic (exact) mass is 527 g/mol. The normalized spacial score (nSPS) is 27.7. The summed E-state index contributed by atoms with van der Waals surface area (Å²) in [6.07, 6.45) is 2.69. The van der Waals surface area contributed by atoms with Crippen molar-refractivity contribution in [2.24, 2.45) is 5.92 Å². The summed E-state index contributed by atoms with van der Waals surface area (Å²) >= 11 is 9.77. The Morgan fingerprint density at radius 1 is 1.23 bits per heavy atom. The molecule has 2 aromatic carbocycles. The van der Waals surface area contributed by atoms with Crippen molar-refractivity contribution in [1.29, 1.82) is 0 Å². The Balaban J connectivity index is 1.54. The van der Waals surface area contributed by atoms with E-state index in [1.165, 1.54) is 0 Å². The van der Waals surface area contributed by atoms with Crippen LogP contribution in [0.5, 0.6) is 5.75 Å². The van der Waals surface area contributed by atoms with Crippen LogP contribution in [0.4, 0.5) is 0 Å². The van der Waals surface area contributed by atoms with Gasteiger partial charge in [0.15, 0.2) is 0 Å². The van der Waals surface area contributed by atoms with Crippen LogP contribution in [0.1, 0.15) is 45.6 Å². The summed E-state index contributed by atoms with van der Waals surface area (Å²) in [6.45, 7) is 6.52. The minimum absolute atomic E-state index is 0.0347. The fourth-order valence-electron chi connectivity index (χ4n) is 4.57. The highest BCUT2D eigenvalue weighted by Crippen LogP contribution is 2.55. The van der Waals surface area contributed by atoms with E-state index in [2.05, 4.69) is 41.4 Å². The summed E-state index contributed by atoms with van der Waals surface area (Å²) in [4.78, 5) is 0.193. The van der Waals surface area contributed by atoms with Gasteiger partial charge in [-0.2, -0.15) is 0 Å². The van der Waals surface area contributed by atoms with Gasteiger partial charge in [0.2, 0.25) is 10.0 Å². The van der Waals surface area contributed by atoms with E-state index in [9.17, 15) is 8.42 Å². The molecule has 3 atom stereocenters. The van der Waals surface area contributed by atoms with Gasteiger partial charge in [-0.05, 0) is 62.1 Å². The molecule has 5 nitrogen and oxygen atoms in total. The SMILES string of the molecule is CC(C)[C@]12CC[C@](C)(O1)[C@H](Oc1cccc(Cl)c1CNS(=O)(=O)c1ccc(Br)cc1)C2. The molecule has 0 radical (unpaired) electrons. The second-order valence-corrected chi connectivity index (χ2v) is 12.0. The first kappa shape index (κ1) is 23.1. The first-order chi connectivity index (χ1) is 14.5. The lowest BCUT2D eigenvalue weighted by atomic mass is 9.75. The largest absolute Gasteiger partial charge is 0.487 e. The van der Waals surface area contributed by atoms with Crippen LogP contribution < -0.4 is 9.46 Å². The van der Waals surface area contributed by atoms with Gasteiger partial charge in [0.1, 0.15) is 17.5 Å². The molecule has 2 aromatic rings. The Hall–Kier alpha value is -1.12. The third-order valence-corrected chi connectivity index (χ3v) is 8.95. The van der Waals surface area contributed by atoms with Crippen molar-refractivity contribution in [3.63, 3.8) is 0 Å². The maximum absolute atomic E-state index is 12.7. The highest BCUT2D eigenvalue weighted by molar-refractivity contribution is 9.10. The smallest absolute Gasteiger partial charge is 0.240 e. The molecule has 2 bridgehead atoms. The molecule has 31 heavy (non-hydrogen) atoms. The Morgan fingerprint density at radius 2 is 1.94 bits per heavy atom. The standard InChI is InChI=1S/C23H27BrClNO4S/c1-15(2)23-12-11-22(3,30-23)21(13-23)29-20-6-4-5-19(25)18(20)14-26-31(27,28)17-9-7-16(24)8-10-17/h4-10,15,21,26H,11-14H2,1-3H3/t21-,22+,23-/m1/s1. The molecule has 0 aliphatic carbocycles. The first-order valence-electron chi connectivity index (χ1n) is 10.4. The molecule has 4 rings (SSSR count). The van der Waals surface area contributed by atoms with Gasteiger partial charge in [0.05, 0.1) is 10.5 Å². The lowest BCUT2D eigenvalue weighted by molar-refractivity contribution is -0.0770. The Bertz CT molecular complexity index is 1080. The van der Waals surface area contributed by atoms with Gasteiger partial charge in [0.25, 0.3) is 0 Å². The number of ether oxygens (including phenoxy) is 2. The topological polar surface area (TPSA) is 64.6 Å². The van der Waals surface area contributed by atoms with Crippen LogP contribution in [0, 0.1) is 5.92 Å². The first-order valence-corrected chi connectivity index (χ1v) is 13.1. The molecule has 0 saturated carbocycles. The molecule has 2 heterocycles. The highest BCUT2D eigenvalue weighted by Gasteiger charge is 2.61. The lowest BCUT2D eigenvalue weighted by Gasteiger charge is -2.32. The Kier molecular flexibility index (Phi) is 6.20. The predicted octanol–water partition coefficient (Wildman–Crippen LogP) is 5.70. The van der Waals surface area contributed by atoms with E-state index < -0.39 is 10.0 Å². The third kappa shape index (κ3) is 4.40. The lowest BCUT2D eigenvalue weighted by Crippen LogP contribution is -2.40.